The number of nitrogens with zero attached hydrogens (tertiary/aromatic N) is 4. The fraction of sp³-hybridized carbons (Fsp3) is 0.0784. The van der Waals surface area contributed by atoms with Crippen LogP contribution >= 0.6 is 0 Å². The Labute approximate surface area is 328 Å². The Morgan fingerprint density at radius 3 is 2.25 bits per heavy atom. The van der Waals surface area contributed by atoms with Crippen LogP contribution in [0.25, 0.3) is 83.4 Å². The molecule has 0 spiro atoms. The van der Waals surface area contributed by atoms with Crippen molar-refractivity contribution in [3.05, 3.63) is 187 Å². The molecule has 12 rings (SSSR count). The van der Waals surface area contributed by atoms with Gasteiger partial charge < -0.3 is 13.7 Å². The molecule has 1 aliphatic heterocycles. The van der Waals surface area contributed by atoms with E-state index in [1.807, 2.05) is 30.3 Å². The van der Waals surface area contributed by atoms with Crippen molar-refractivity contribution in [2.24, 2.45) is 0 Å². The molecule has 0 radical (unpaired) electrons. The first kappa shape index (κ1) is 32.0. The highest BCUT2D eigenvalue weighted by atomic mass is 16.5. The molecule has 9 aromatic rings. The van der Waals surface area contributed by atoms with E-state index >= 15 is 0 Å². The lowest BCUT2D eigenvalue weighted by Crippen LogP contribution is -2.21. The van der Waals surface area contributed by atoms with Crippen LogP contribution in [-0.2, 0) is 0 Å². The van der Waals surface area contributed by atoms with E-state index in [4.69, 9.17) is 24.1 Å². The van der Waals surface area contributed by atoms with E-state index in [1.54, 1.807) is 0 Å². The minimum Gasteiger partial charge on any atom is -0.483 e. The zero-order valence-corrected chi connectivity index (χ0v) is 30.8. The summed E-state index contributed by atoms with van der Waals surface area (Å²) < 4.78 is 16.0. The summed E-state index contributed by atoms with van der Waals surface area (Å²) in [4.78, 5) is 15.5. The van der Waals surface area contributed by atoms with Crippen molar-refractivity contribution >= 4 is 54.9 Å². The van der Waals surface area contributed by atoms with Gasteiger partial charge in [-0.15, -0.1) is 0 Å². The molecule has 2 unspecified atom stereocenters. The molecule has 3 aliphatic rings. The van der Waals surface area contributed by atoms with E-state index in [1.165, 1.54) is 11.1 Å². The zero-order chi connectivity index (χ0) is 37.5. The Kier molecular flexibility index (Phi) is 7.08. The topological polar surface area (TPSA) is 66.0 Å². The van der Waals surface area contributed by atoms with Crippen LogP contribution in [0.15, 0.2) is 174 Å². The molecule has 2 aliphatic carbocycles. The lowest BCUT2D eigenvalue weighted by molar-refractivity contribution is 0.271. The van der Waals surface area contributed by atoms with Gasteiger partial charge in [0.15, 0.2) is 23.1 Å². The van der Waals surface area contributed by atoms with Gasteiger partial charge in [-0.25, -0.2) is 15.0 Å². The third-order valence-electron chi connectivity index (χ3n) is 11.7. The zero-order valence-electron chi connectivity index (χ0n) is 30.8. The van der Waals surface area contributed by atoms with Crippen LogP contribution in [0.4, 0.5) is 0 Å². The predicted octanol–water partition coefficient (Wildman–Crippen LogP) is 12.4. The molecule has 0 bridgehead atoms. The van der Waals surface area contributed by atoms with Gasteiger partial charge in [-0.2, -0.15) is 0 Å². The van der Waals surface area contributed by atoms with Gasteiger partial charge in [0, 0.05) is 43.8 Å². The van der Waals surface area contributed by atoms with Gasteiger partial charge >= 0.3 is 0 Å². The molecule has 270 valence electrons. The highest BCUT2D eigenvalue weighted by Crippen LogP contribution is 2.51. The van der Waals surface area contributed by atoms with Gasteiger partial charge in [0.1, 0.15) is 17.4 Å². The fourth-order valence-corrected chi connectivity index (χ4v) is 9.09. The third-order valence-corrected chi connectivity index (χ3v) is 11.7. The lowest BCUT2D eigenvalue weighted by Gasteiger charge is -2.22. The summed E-state index contributed by atoms with van der Waals surface area (Å²) in [6.45, 7) is 0. The number of fused-ring (bicyclic) bond motifs is 10. The van der Waals surface area contributed by atoms with Crippen LogP contribution < -0.4 is 4.74 Å². The highest BCUT2D eigenvalue weighted by Gasteiger charge is 2.40. The molecule has 0 saturated heterocycles. The Balaban J connectivity index is 1.03. The largest absolute Gasteiger partial charge is 0.483 e. The lowest BCUT2D eigenvalue weighted by atomic mass is 9.84. The summed E-state index contributed by atoms with van der Waals surface area (Å²) in [5, 5.41) is 4.50. The van der Waals surface area contributed by atoms with Crippen molar-refractivity contribution < 1.29 is 9.15 Å². The van der Waals surface area contributed by atoms with Gasteiger partial charge in [0.2, 0.25) is 0 Å². The van der Waals surface area contributed by atoms with Crippen molar-refractivity contribution in [2.45, 2.75) is 24.9 Å². The average molecular weight is 735 g/mol. The number of furan rings is 1. The number of benzene rings is 6. The van der Waals surface area contributed by atoms with Crippen LogP contribution in [0.3, 0.4) is 0 Å². The summed E-state index contributed by atoms with van der Waals surface area (Å²) in [6.07, 6.45) is 14.8. The first-order valence-electron chi connectivity index (χ1n) is 19.6. The minimum atomic E-state index is -0.240. The summed E-state index contributed by atoms with van der Waals surface area (Å²) in [5.74, 6) is 2.65. The molecule has 6 heteroatoms. The summed E-state index contributed by atoms with van der Waals surface area (Å²) >= 11 is 0. The molecule has 0 amide bonds. The van der Waals surface area contributed by atoms with Crippen molar-refractivity contribution in [2.75, 3.05) is 0 Å². The van der Waals surface area contributed by atoms with Crippen LogP contribution in [0.5, 0.6) is 5.75 Å². The first-order valence-corrected chi connectivity index (χ1v) is 19.6. The van der Waals surface area contributed by atoms with Crippen LogP contribution in [0.1, 0.15) is 35.7 Å². The Hall–Kier alpha value is -7.31. The van der Waals surface area contributed by atoms with Gasteiger partial charge in [-0.3, -0.25) is 0 Å². The summed E-state index contributed by atoms with van der Waals surface area (Å²) in [7, 11) is 0. The number of allylic oxidation sites excluding steroid dienone is 6. The van der Waals surface area contributed by atoms with Gasteiger partial charge in [-0.05, 0) is 60.4 Å². The highest BCUT2D eigenvalue weighted by molar-refractivity contribution is 6.21. The second kappa shape index (κ2) is 12.6. The van der Waals surface area contributed by atoms with Crippen LogP contribution in [0, 0.1) is 0 Å². The number of para-hydroxylation sites is 3. The second-order valence-electron chi connectivity index (χ2n) is 15.0. The summed E-state index contributed by atoms with van der Waals surface area (Å²) in [6, 6.07) is 46.5. The number of hydrogen-bond donors (Lipinski definition) is 0. The SMILES string of the molecule is C1=CCCC(c2cccc(-c3nc(C4=CC=CC5Oc6c(cccc6-n6c7ccccc7c7ccc8c9ccccc9oc8c76)C45)nc(-c4ccccc4)n3)c2)=C1. The van der Waals surface area contributed by atoms with Crippen molar-refractivity contribution in [3.63, 3.8) is 0 Å². The fourth-order valence-electron chi connectivity index (χ4n) is 9.09. The average Bonchev–Trinajstić information content (AvgIpc) is 3.97. The van der Waals surface area contributed by atoms with Gasteiger partial charge in [0.25, 0.3) is 0 Å². The second-order valence-corrected chi connectivity index (χ2v) is 15.0. The third kappa shape index (κ3) is 5.00. The predicted molar refractivity (Wildman–Crippen MR) is 229 cm³/mol. The van der Waals surface area contributed by atoms with E-state index in [0.717, 1.165) is 90.3 Å². The molecule has 0 N–H and O–H groups in total. The normalized spacial score (nSPS) is 17.2. The number of rotatable bonds is 5. The number of ether oxygens (including phenoxy) is 1. The van der Waals surface area contributed by atoms with E-state index in [0.29, 0.717) is 17.5 Å². The Bertz CT molecular complexity index is 3240. The maximum atomic E-state index is 7.04. The Morgan fingerprint density at radius 2 is 1.35 bits per heavy atom. The van der Waals surface area contributed by atoms with Crippen LogP contribution in [-0.4, -0.2) is 25.6 Å². The molecule has 57 heavy (non-hydrogen) atoms. The van der Waals surface area contributed by atoms with Crippen molar-refractivity contribution in [1.82, 2.24) is 19.5 Å². The standard InChI is InChI=1S/C51H34N4O2/c1-3-14-31(15-4-1)33-18-11-19-34(30-33)50-52-49(32-16-5-2-6-17-32)53-51(54-50)40-23-13-27-44-45(40)39-22-12-25-42(47(39)57-44)55-41-24-9-7-20-35(41)37-28-29-38-36-21-8-10-26-43(36)56-48(38)46(37)55/h1-3,5-14,16-30,44-45H,4,15H2. The molecule has 6 aromatic carbocycles. The smallest absolute Gasteiger partial charge is 0.164 e. The van der Waals surface area contributed by atoms with E-state index in [-0.39, 0.29) is 12.0 Å². The molecule has 6 nitrogen and oxygen atoms in total. The number of aromatic nitrogens is 4. The molecule has 4 heterocycles. The maximum absolute atomic E-state index is 7.04. The van der Waals surface area contributed by atoms with E-state index in [2.05, 4.69) is 144 Å². The summed E-state index contributed by atoms with van der Waals surface area (Å²) in [5.41, 5.74) is 11.3. The molecule has 0 saturated carbocycles. The van der Waals surface area contributed by atoms with Crippen molar-refractivity contribution in [1.29, 1.82) is 0 Å². The molecular weight excluding hydrogens is 701 g/mol. The van der Waals surface area contributed by atoms with Gasteiger partial charge in [-0.1, -0.05) is 134 Å². The monoisotopic (exact) mass is 734 g/mol. The van der Waals surface area contributed by atoms with E-state index in [9.17, 15) is 0 Å². The molecule has 0 fully saturated rings. The molecule has 3 aromatic heterocycles. The minimum absolute atomic E-state index is 0.131. The van der Waals surface area contributed by atoms with Crippen LogP contribution in [0.2, 0.25) is 0 Å². The molecule has 2 atom stereocenters. The Morgan fingerprint density at radius 1 is 0.596 bits per heavy atom. The van der Waals surface area contributed by atoms with E-state index < -0.39 is 0 Å². The maximum Gasteiger partial charge on any atom is 0.164 e. The van der Waals surface area contributed by atoms with Crippen molar-refractivity contribution in [3.8, 4) is 34.2 Å². The molecular formula is C51H34N4O2. The first-order chi connectivity index (χ1) is 28.3. The van der Waals surface area contributed by atoms with Gasteiger partial charge in [0.05, 0.1) is 22.6 Å². The quantitative estimate of drug-likeness (QED) is 0.176. The number of hydrogen-bond acceptors (Lipinski definition) is 5.